The highest BCUT2D eigenvalue weighted by molar-refractivity contribution is 6.30. The third-order valence-electron chi connectivity index (χ3n) is 6.58. The minimum absolute atomic E-state index is 0.305. The first-order chi connectivity index (χ1) is 12.0. The molecule has 0 bridgehead atoms. The Morgan fingerprint density at radius 3 is 2.28 bits per heavy atom. The second-order valence-electron chi connectivity index (χ2n) is 8.89. The van der Waals surface area contributed by atoms with Crippen LogP contribution in [0.15, 0.2) is 24.3 Å². The number of halogens is 1. The molecular weight excluding hydrogens is 328 g/mol. The quantitative estimate of drug-likeness (QED) is 0.692. The lowest BCUT2D eigenvalue weighted by Crippen LogP contribution is -2.54. The Bertz CT molecular complexity index is 527. The van der Waals surface area contributed by atoms with Crippen LogP contribution in [0.4, 0.5) is 0 Å². The molecule has 0 radical (unpaired) electrons. The molecule has 0 saturated heterocycles. The second-order valence-corrected chi connectivity index (χ2v) is 9.32. The van der Waals surface area contributed by atoms with Crippen LogP contribution in [0, 0.1) is 11.8 Å². The lowest BCUT2D eigenvalue weighted by molar-refractivity contribution is 0.143. The summed E-state index contributed by atoms with van der Waals surface area (Å²) >= 11 is 6.14. The van der Waals surface area contributed by atoms with E-state index >= 15 is 0 Å². The molecule has 1 unspecified atom stereocenters. The second kappa shape index (κ2) is 8.41. The molecule has 2 saturated carbocycles. The molecule has 2 nitrogen and oxygen atoms in total. The van der Waals surface area contributed by atoms with Gasteiger partial charge in [0.15, 0.2) is 0 Å². The summed E-state index contributed by atoms with van der Waals surface area (Å²) in [5.41, 5.74) is 7.86. The summed E-state index contributed by atoms with van der Waals surface area (Å²) in [6.45, 7) is 5.85. The zero-order valence-corrected chi connectivity index (χ0v) is 16.7. The molecule has 2 aliphatic rings. The van der Waals surface area contributed by atoms with Gasteiger partial charge in [-0.05, 0) is 81.0 Å². The normalized spacial score (nSPS) is 27.1. The van der Waals surface area contributed by atoms with Gasteiger partial charge in [-0.1, -0.05) is 44.0 Å². The van der Waals surface area contributed by atoms with Crippen molar-refractivity contribution in [2.75, 3.05) is 6.54 Å². The van der Waals surface area contributed by atoms with Gasteiger partial charge in [-0.25, -0.2) is 0 Å². The predicted octanol–water partition coefficient (Wildman–Crippen LogP) is 5.28. The molecule has 0 spiro atoms. The topological polar surface area (TPSA) is 38.0 Å². The first-order valence-corrected chi connectivity index (χ1v) is 10.6. The summed E-state index contributed by atoms with van der Waals surface area (Å²) in [5.74, 6) is 1.51. The first-order valence-electron chi connectivity index (χ1n) is 10.2. The molecule has 25 heavy (non-hydrogen) atoms. The van der Waals surface area contributed by atoms with Crippen molar-refractivity contribution < 1.29 is 0 Å². The molecule has 140 valence electrons. The van der Waals surface area contributed by atoms with E-state index in [0.29, 0.717) is 23.4 Å². The molecular formula is C22H35ClN2. The largest absolute Gasteiger partial charge is 0.328 e. The molecule has 2 fully saturated rings. The number of nitrogens with one attached hydrogen (secondary N) is 1. The Kier molecular flexibility index (Phi) is 6.46. The van der Waals surface area contributed by atoms with Gasteiger partial charge in [0.05, 0.1) is 0 Å². The van der Waals surface area contributed by atoms with Crippen LogP contribution >= 0.6 is 11.6 Å². The molecule has 0 aromatic heterocycles. The van der Waals surface area contributed by atoms with E-state index in [-0.39, 0.29) is 0 Å². The van der Waals surface area contributed by atoms with E-state index in [2.05, 4.69) is 43.4 Å². The SMILES string of the molecule is CC(C)CC(NC[C@H]1CC[C@H](N)CC1)C1(c2ccc(Cl)cc2)CCC1. The van der Waals surface area contributed by atoms with Crippen LogP contribution in [0.1, 0.15) is 70.8 Å². The third-order valence-corrected chi connectivity index (χ3v) is 6.84. The van der Waals surface area contributed by atoms with Crippen LogP contribution in [0.25, 0.3) is 0 Å². The van der Waals surface area contributed by atoms with Crippen LogP contribution in [-0.2, 0) is 5.41 Å². The van der Waals surface area contributed by atoms with E-state index in [4.69, 9.17) is 17.3 Å². The van der Waals surface area contributed by atoms with Crippen LogP contribution in [0.5, 0.6) is 0 Å². The number of nitrogens with two attached hydrogens (primary N) is 1. The van der Waals surface area contributed by atoms with Crippen molar-refractivity contribution in [1.29, 1.82) is 0 Å². The molecule has 3 N–H and O–H groups in total. The van der Waals surface area contributed by atoms with Gasteiger partial charge in [0.1, 0.15) is 0 Å². The van der Waals surface area contributed by atoms with Gasteiger partial charge in [0, 0.05) is 22.5 Å². The molecule has 0 aliphatic heterocycles. The fraction of sp³-hybridized carbons (Fsp3) is 0.727. The van der Waals surface area contributed by atoms with E-state index in [1.165, 1.54) is 56.9 Å². The van der Waals surface area contributed by atoms with E-state index < -0.39 is 0 Å². The van der Waals surface area contributed by atoms with Gasteiger partial charge < -0.3 is 11.1 Å². The molecule has 3 heteroatoms. The fourth-order valence-electron chi connectivity index (χ4n) is 4.85. The Hall–Kier alpha value is -0.570. The van der Waals surface area contributed by atoms with Gasteiger partial charge in [-0.15, -0.1) is 0 Å². The summed E-state index contributed by atoms with van der Waals surface area (Å²) in [7, 11) is 0. The van der Waals surface area contributed by atoms with E-state index in [0.717, 1.165) is 17.5 Å². The van der Waals surface area contributed by atoms with Crippen molar-refractivity contribution in [1.82, 2.24) is 5.32 Å². The highest BCUT2D eigenvalue weighted by Gasteiger charge is 2.45. The van der Waals surface area contributed by atoms with Gasteiger partial charge in [0.2, 0.25) is 0 Å². The number of hydrogen-bond acceptors (Lipinski definition) is 2. The smallest absolute Gasteiger partial charge is 0.0406 e. The summed E-state index contributed by atoms with van der Waals surface area (Å²) < 4.78 is 0. The highest BCUT2D eigenvalue weighted by Crippen LogP contribution is 2.48. The Morgan fingerprint density at radius 2 is 1.76 bits per heavy atom. The molecule has 2 aliphatic carbocycles. The minimum Gasteiger partial charge on any atom is -0.328 e. The summed E-state index contributed by atoms with van der Waals surface area (Å²) in [6.07, 6.45) is 10.2. The molecule has 1 aromatic rings. The number of hydrogen-bond donors (Lipinski definition) is 2. The lowest BCUT2D eigenvalue weighted by Gasteiger charge is -2.50. The maximum atomic E-state index is 6.14. The van der Waals surface area contributed by atoms with Gasteiger partial charge in [-0.3, -0.25) is 0 Å². The number of benzene rings is 1. The summed E-state index contributed by atoms with van der Waals surface area (Å²) in [6, 6.07) is 9.65. The Morgan fingerprint density at radius 1 is 1.12 bits per heavy atom. The van der Waals surface area contributed by atoms with E-state index in [1.807, 2.05) is 0 Å². The Labute approximate surface area is 158 Å². The molecule has 0 amide bonds. The minimum atomic E-state index is 0.305. The van der Waals surface area contributed by atoms with Crippen molar-refractivity contribution in [2.24, 2.45) is 17.6 Å². The lowest BCUT2D eigenvalue weighted by atomic mass is 9.58. The van der Waals surface area contributed by atoms with Gasteiger partial charge in [0.25, 0.3) is 0 Å². The van der Waals surface area contributed by atoms with Crippen LogP contribution in [0.3, 0.4) is 0 Å². The average Bonchev–Trinajstić information content (AvgIpc) is 2.54. The van der Waals surface area contributed by atoms with Crippen molar-refractivity contribution in [3.8, 4) is 0 Å². The number of rotatable bonds is 7. The zero-order valence-electron chi connectivity index (χ0n) is 15.9. The monoisotopic (exact) mass is 362 g/mol. The van der Waals surface area contributed by atoms with Crippen molar-refractivity contribution in [3.63, 3.8) is 0 Å². The van der Waals surface area contributed by atoms with Crippen LogP contribution in [0.2, 0.25) is 5.02 Å². The fourth-order valence-corrected chi connectivity index (χ4v) is 4.98. The average molecular weight is 363 g/mol. The standard InChI is InChI=1S/C22H35ClN2/c1-16(2)14-21(25-15-17-4-10-20(24)11-5-17)22(12-3-13-22)18-6-8-19(23)9-7-18/h6-9,16-17,20-21,25H,3-5,10-15,24H2,1-2H3/t17-,20-,21?. The molecule has 1 atom stereocenters. The first kappa shape index (κ1) is 19.2. The predicted molar refractivity (Wildman–Crippen MR) is 108 cm³/mol. The van der Waals surface area contributed by atoms with Crippen molar-refractivity contribution in [2.45, 2.75) is 82.7 Å². The maximum Gasteiger partial charge on any atom is 0.0406 e. The highest BCUT2D eigenvalue weighted by atomic mass is 35.5. The summed E-state index contributed by atoms with van der Waals surface area (Å²) in [5, 5.41) is 4.86. The van der Waals surface area contributed by atoms with E-state index in [9.17, 15) is 0 Å². The van der Waals surface area contributed by atoms with E-state index in [1.54, 1.807) is 0 Å². The van der Waals surface area contributed by atoms with Crippen molar-refractivity contribution in [3.05, 3.63) is 34.9 Å². The summed E-state index contributed by atoms with van der Waals surface area (Å²) in [4.78, 5) is 0. The van der Waals surface area contributed by atoms with Crippen molar-refractivity contribution >= 4 is 11.6 Å². The molecule has 3 rings (SSSR count). The maximum absolute atomic E-state index is 6.14. The zero-order chi connectivity index (χ0) is 17.9. The molecule has 0 heterocycles. The van der Waals surface area contributed by atoms with Crippen LogP contribution < -0.4 is 11.1 Å². The Balaban J connectivity index is 1.71. The third kappa shape index (κ3) is 4.59. The van der Waals surface area contributed by atoms with Gasteiger partial charge >= 0.3 is 0 Å². The van der Waals surface area contributed by atoms with Gasteiger partial charge in [-0.2, -0.15) is 0 Å². The van der Waals surface area contributed by atoms with Crippen LogP contribution in [-0.4, -0.2) is 18.6 Å². The molecule has 1 aromatic carbocycles.